The number of nitrogens with zero attached hydrogens (tertiary/aromatic N) is 2. The predicted octanol–water partition coefficient (Wildman–Crippen LogP) is 7.65. The number of ketones is 2. The molecule has 0 radical (unpaired) electrons. The van der Waals surface area contributed by atoms with Crippen LogP contribution in [0.15, 0.2) is 150 Å². The standard InChI is InChI=1S/C76H98N6O19S3.CO2.2O3S/c1-75(2)60-28-14-16-30-64(60)81(45-18-20-47-102(92,93)94)67(75)41-35-55-25-22-26-56(36-42-68-76(3,4)61-29-15-17-31-65(61)82(68)46-19-21-48-103(95,96)97)71(55)101-59-38-33-54(34-39-59)49-57(72(87)88)51-66(84)63(50-53-23-10-9-11-24-53)79-70(86)32-13-8-6-5-7-12-27-58(83)37-40-62(73(89)90)80-74(91)77-44-43-69(85)78-52-104(98,99)100;2-1-3;2*1-4(2)3/h9-11,14-17,23-24,28-31,33-36,38-39,41-42,57,62-63H,5-8,12-13,18-22,25-27,32,37,40,43-52H2,1-4H3,(H8-,77,78,79,80,85,86,87,88,89,90,91,92,93,94,95,96,97,98,99,100);;;/t57-,62+,63+;;;/m1.../s1. The largest absolute Gasteiger partial charge is 0.748 e. The first-order valence-electron chi connectivity index (χ1n) is 36.8. The molecule has 3 atom stereocenters. The van der Waals surface area contributed by atoms with Gasteiger partial charge in [-0.15, -0.1) is 25.3 Å². The highest BCUT2D eigenvalue weighted by Crippen LogP contribution is 2.48. The number of allylic oxidation sites excluding steroid dienone is 7. The van der Waals surface area contributed by atoms with Crippen molar-refractivity contribution in [2.75, 3.05) is 41.9 Å². The molecular formula is C77H98N6O27S5. The number of amides is 4. The number of hydrogen-bond acceptors (Lipinski definition) is 24. The lowest BCUT2D eigenvalue weighted by Crippen LogP contribution is -2.46. The first-order valence-corrected chi connectivity index (χ1v) is 43.6. The van der Waals surface area contributed by atoms with Gasteiger partial charge >= 0.3 is 45.3 Å². The summed E-state index contributed by atoms with van der Waals surface area (Å²) in [5.41, 5.74) is 8.43. The van der Waals surface area contributed by atoms with Gasteiger partial charge in [-0.2, -0.15) is 31.0 Å². The van der Waals surface area contributed by atoms with E-state index in [0.717, 1.165) is 69.9 Å². The minimum Gasteiger partial charge on any atom is -0.748 e. The van der Waals surface area contributed by atoms with E-state index in [1.807, 2.05) is 72.0 Å². The van der Waals surface area contributed by atoms with E-state index < -0.39 is 122 Å². The maximum absolute atomic E-state index is 14.3. The average molecular weight is 1700 g/mol. The van der Waals surface area contributed by atoms with Crippen LogP contribution < -0.4 is 30.9 Å². The quantitative estimate of drug-likeness (QED) is 0.0120. The maximum Gasteiger partial charge on any atom is 0.425 e. The van der Waals surface area contributed by atoms with Crippen LogP contribution in [0.25, 0.3) is 0 Å². The zero-order valence-corrected chi connectivity index (χ0v) is 68.1. The van der Waals surface area contributed by atoms with Crippen molar-refractivity contribution in [3.63, 3.8) is 0 Å². The number of anilines is 1. The maximum atomic E-state index is 14.3. The third kappa shape index (κ3) is 35.7. The van der Waals surface area contributed by atoms with Gasteiger partial charge in [0, 0.05) is 91.9 Å². The van der Waals surface area contributed by atoms with Gasteiger partial charge in [0.05, 0.1) is 33.2 Å². The van der Waals surface area contributed by atoms with Gasteiger partial charge in [0.15, 0.2) is 11.5 Å². The van der Waals surface area contributed by atoms with E-state index in [9.17, 15) is 78.1 Å². The summed E-state index contributed by atoms with van der Waals surface area (Å²) in [6.07, 6.45) is 15.4. The number of rotatable bonds is 43. The monoisotopic (exact) mass is 1700 g/mol. The molecule has 628 valence electrons. The Hall–Kier alpha value is -10.0. The van der Waals surface area contributed by atoms with Crippen LogP contribution in [0.2, 0.25) is 0 Å². The highest BCUT2D eigenvalue weighted by atomic mass is 32.2. The van der Waals surface area contributed by atoms with Crippen molar-refractivity contribution in [2.45, 2.75) is 185 Å². The summed E-state index contributed by atoms with van der Waals surface area (Å²) >= 11 is 0. The average Bonchev–Trinajstić information content (AvgIpc) is 1.60. The van der Waals surface area contributed by atoms with Crippen LogP contribution in [-0.4, -0.2) is 181 Å². The molecule has 33 nitrogen and oxygen atoms in total. The summed E-state index contributed by atoms with van der Waals surface area (Å²) in [6, 6.07) is 29.0. The molecule has 0 saturated heterocycles. The minimum absolute atomic E-state index is 0.00956. The lowest BCUT2D eigenvalue weighted by atomic mass is 9.81. The molecule has 115 heavy (non-hydrogen) atoms. The fourth-order valence-electron chi connectivity index (χ4n) is 13.4. The van der Waals surface area contributed by atoms with Crippen molar-refractivity contribution in [3.8, 4) is 5.75 Å². The first-order chi connectivity index (χ1) is 54.1. The summed E-state index contributed by atoms with van der Waals surface area (Å²) in [7, 11) is -19.2. The smallest absolute Gasteiger partial charge is 0.425 e. The third-order valence-electron chi connectivity index (χ3n) is 19.0. The van der Waals surface area contributed by atoms with Gasteiger partial charge in [0.25, 0.3) is 20.2 Å². The SMILES string of the molecule is CC1(C)C(=CC=C2CCCC(C=CC3=[N+](CCCCS(=O)(=O)O)c4ccccc4C3(C)C)=C2Oc2ccc(C[C@H](CC(=O)[C@H](Cc3ccccc3)NC(=O)CCCCCCCCC(=O)CC[C@H](NC(=O)NCCC(=O)NCS(=O)(=O)O)C(=O)O)C(=O)O)cc2)N(CCCCS(=O)(=O)[O-])c2ccccc21.O=C=O.O=S(=O)=O.O=S(=O)=O. The Labute approximate surface area is 671 Å². The first kappa shape index (κ1) is 97.3. The minimum atomic E-state index is -4.43. The third-order valence-corrected chi connectivity index (χ3v) is 21.1. The molecule has 0 saturated carbocycles. The highest BCUT2D eigenvalue weighted by Gasteiger charge is 2.44. The molecule has 8 N–H and O–H groups in total. The van der Waals surface area contributed by atoms with E-state index >= 15 is 0 Å². The zero-order valence-electron chi connectivity index (χ0n) is 64.1. The molecule has 38 heteroatoms. The Bertz CT molecular complexity index is 4830. The Balaban J connectivity index is 0.00000238. The van der Waals surface area contributed by atoms with Crippen LogP contribution in [0.1, 0.15) is 172 Å². The van der Waals surface area contributed by atoms with Crippen LogP contribution in [0.5, 0.6) is 5.75 Å². The normalized spacial score (nSPS) is 15.5. The molecule has 0 aromatic heterocycles. The Morgan fingerprint density at radius 3 is 1.80 bits per heavy atom. The second-order valence-electron chi connectivity index (χ2n) is 28.2. The summed E-state index contributed by atoms with van der Waals surface area (Å²) < 4.78 is 158. The number of carbonyl (C=O) groups excluding carboxylic acids is 7. The van der Waals surface area contributed by atoms with Gasteiger partial charge in [-0.05, 0) is 143 Å². The number of ether oxygens (including phenoxy) is 1. The van der Waals surface area contributed by atoms with E-state index in [1.54, 1.807) is 24.3 Å². The molecule has 4 aromatic carbocycles. The van der Waals surface area contributed by atoms with Crippen molar-refractivity contribution in [3.05, 3.63) is 172 Å². The van der Waals surface area contributed by atoms with Crippen molar-refractivity contribution in [2.24, 2.45) is 5.92 Å². The number of benzene rings is 4. The summed E-state index contributed by atoms with van der Waals surface area (Å²) in [5, 5.41) is 29.6. The number of hydrogen-bond donors (Lipinski definition) is 8. The van der Waals surface area contributed by atoms with Crippen LogP contribution in [0.4, 0.5) is 16.2 Å². The number of carboxylic acids is 2. The number of aliphatic carboxylic acids is 2. The fraction of sp³-hybridized carbons (Fsp3) is 0.468. The molecular weight excluding hydrogens is 1600 g/mol. The topological polar surface area (TPSA) is 526 Å². The van der Waals surface area contributed by atoms with Gasteiger partial charge in [-0.25, -0.2) is 18.0 Å². The number of para-hydroxylation sites is 2. The number of unbranched alkanes of at least 4 members (excludes halogenated alkanes) is 7. The van der Waals surface area contributed by atoms with Crippen LogP contribution in [0.3, 0.4) is 0 Å². The highest BCUT2D eigenvalue weighted by molar-refractivity contribution is 7.86. The van der Waals surface area contributed by atoms with Crippen LogP contribution >= 0.6 is 0 Å². The molecule has 4 amide bonds. The number of carbonyl (C=O) groups is 7. The van der Waals surface area contributed by atoms with Gasteiger partial charge in [-0.3, -0.25) is 33.1 Å². The Morgan fingerprint density at radius 1 is 0.609 bits per heavy atom. The predicted molar refractivity (Wildman–Crippen MR) is 418 cm³/mol. The lowest BCUT2D eigenvalue weighted by molar-refractivity contribution is -0.438. The molecule has 2 heterocycles. The number of carboxylic acid groups (broad SMARTS) is 2. The van der Waals surface area contributed by atoms with E-state index in [-0.39, 0.29) is 94.3 Å². The van der Waals surface area contributed by atoms with E-state index in [0.29, 0.717) is 81.5 Å². The van der Waals surface area contributed by atoms with Crippen molar-refractivity contribution in [1.82, 2.24) is 21.3 Å². The van der Waals surface area contributed by atoms with Crippen molar-refractivity contribution >= 4 is 116 Å². The molecule has 0 unspecified atom stereocenters. The second-order valence-corrected chi connectivity index (χ2v) is 33.6. The van der Waals surface area contributed by atoms with E-state index in [1.165, 1.54) is 0 Å². The van der Waals surface area contributed by atoms with E-state index in [2.05, 4.69) is 89.6 Å². The zero-order chi connectivity index (χ0) is 85.7. The summed E-state index contributed by atoms with van der Waals surface area (Å²) in [6.45, 7) is 9.28. The molecule has 3 aliphatic rings. The van der Waals surface area contributed by atoms with Gasteiger partial charge < -0.3 is 45.7 Å². The Kier molecular flexibility index (Phi) is 40.4. The van der Waals surface area contributed by atoms with E-state index in [4.69, 9.17) is 44.1 Å². The molecule has 1 aliphatic carbocycles. The molecule has 4 aromatic rings. The Morgan fingerprint density at radius 2 is 1.19 bits per heavy atom. The van der Waals surface area contributed by atoms with Crippen LogP contribution in [0, 0.1) is 5.92 Å². The van der Waals surface area contributed by atoms with Gasteiger partial charge in [0.1, 0.15) is 35.8 Å². The van der Waals surface area contributed by atoms with Gasteiger partial charge in [-0.1, -0.05) is 124 Å². The second kappa shape index (κ2) is 47.7. The molecule has 7 rings (SSSR count). The molecule has 2 aliphatic heterocycles. The molecule has 0 bridgehead atoms. The van der Waals surface area contributed by atoms with Crippen molar-refractivity contribution in [1.29, 1.82) is 0 Å². The fourth-order valence-corrected chi connectivity index (χ4v) is 14.9. The molecule has 0 spiro atoms. The summed E-state index contributed by atoms with van der Waals surface area (Å²) in [5.74, 6) is -6.20. The van der Waals surface area contributed by atoms with Crippen molar-refractivity contribution < 1.29 is 127 Å². The number of fused-ring (bicyclic) bond motifs is 2. The lowest BCUT2D eigenvalue weighted by Gasteiger charge is -2.28. The molecule has 0 fully saturated rings. The van der Waals surface area contributed by atoms with Gasteiger partial charge in [0.2, 0.25) is 17.5 Å². The number of urea groups is 1. The summed E-state index contributed by atoms with van der Waals surface area (Å²) in [4.78, 5) is 108. The number of Topliss-reactive ketones (excluding diaryl/α,β-unsaturated/α-hetero) is 2. The van der Waals surface area contributed by atoms with Crippen LogP contribution in [-0.2, 0) is 114 Å². The number of nitrogens with one attached hydrogen (secondary N) is 4.